The number of halogens is 2. The summed E-state index contributed by atoms with van der Waals surface area (Å²) in [4.78, 5) is 9.41. The third kappa shape index (κ3) is 2.27. The molecule has 6 heteroatoms. The highest BCUT2D eigenvalue weighted by atomic mass is 19.2. The van der Waals surface area contributed by atoms with Crippen molar-refractivity contribution < 1.29 is 18.4 Å². The van der Waals surface area contributed by atoms with Crippen molar-refractivity contribution in [2.24, 2.45) is 0 Å². The van der Waals surface area contributed by atoms with E-state index in [0.29, 0.717) is 5.75 Å². The maximum Gasteiger partial charge on any atom is 0.308 e. The van der Waals surface area contributed by atoms with Crippen LogP contribution in [0, 0.1) is 21.7 Å². The maximum absolute atomic E-state index is 13.5. The smallest absolute Gasteiger partial charge is 0.308 e. The van der Waals surface area contributed by atoms with Crippen molar-refractivity contribution >= 4 is 5.69 Å². The van der Waals surface area contributed by atoms with Gasteiger partial charge in [-0.1, -0.05) is 18.2 Å². The van der Waals surface area contributed by atoms with Gasteiger partial charge in [0, 0.05) is 6.07 Å². The van der Waals surface area contributed by atoms with Crippen molar-refractivity contribution in [3.05, 3.63) is 64.2 Å². The minimum Gasteiger partial charge on any atom is -0.454 e. The molecule has 18 heavy (non-hydrogen) atoms. The number of nitro groups is 1. The molecule has 2 aromatic rings. The fourth-order valence-corrected chi connectivity index (χ4v) is 1.36. The van der Waals surface area contributed by atoms with E-state index >= 15 is 0 Å². The number of rotatable bonds is 3. The Kier molecular flexibility index (Phi) is 3.18. The fourth-order valence-electron chi connectivity index (χ4n) is 1.36. The van der Waals surface area contributed by atoms with Crippen LogP contribution in [0.5, 0.6) is 11.5 Å². The van der Waals surface area contributed by atoms with Crippen molar-refractivity contribution in [1.82, 2.24) is 0 Å². The molecule has 0 heterocycles. The molecule has 0 N–H and O–H groups in total. The topological polar surface area (TPSA) is 52.4 Å². The number of nitro benzene ring substituents is 1. The van der Waals surface area contributed by atoms with Crippen LogP contribution in [0.3, 0.4) is 0 Å². The summed E-state index contributed by atoms with van der Waals surface area (Å²) in [6.45, 7) is 0. The zero-order valence-corrected chi connectivity index (χ0v) is 8.97. The molecule has 4 nitrogen and oxygen atoms in total. The first-order valence-electron chi connectivity index (χ1n) is 4.95. The molecule has 0 amide bonds. The summed E-state index contributed by atoms with van der Waals surface area (Å²) in [5, 5.41) is 10.4. The molecule has 0 saturated carbocycles. The molecule has 0 aliphatic heterocycles. The lowest BCUT2D eigenvalue weighted by atomic mass is 10.2. The van der Waals surface area contributed by atoms with Gasteiger partial charge in [0.25, 0.3) is 0 Å². The molecule has 2 aromatic carbocycles. The average Bonchev–Trinajstić information content (AvgIpc) is 2.36. The highest BCUT2D eigenvalue weighted by molar-refractivity contribution is 5.41. The standard InChI is InChI=1S/C12H7F2NO3/c13-11-9(15(16)17)6-7-10(12(11)14)18-8-4-2-1-3-5-8/h1-7H. The van der Waals surface area contributed by atoms with Gasteiger partial charge in [-0.25, -0.2) is 0 Å². The van der Waals surface area contributed by atoms with Crippen LogP contribution in [-0.2, 0) is 0 Å². The molecule has 0 fully saturated rings. The Morgan fingerprint density at radius 3 is 2.28 bits per heavy atom. The van der Waals surface area contributed by atoms with Crippen molar-refractivity contribution in [2.45, 2.75) is 0 Å². The monoisotopic (exact) mass is 251 g/mol. The van der Waals surface area contributed by atoms with Gasteiger partial charge >= 0.3 is 5.69 Å². The Balaban J connectivity index is 2.36. The van der Waals surface area contributed by atoms with Crippen molar-refractivity contribution in [1.29, 1.82) is 0 Å². The van der Waals surface area contributed by atoms with Crippen LogP contribution in [0.2, 0.25) is 0 Å². The van der Waals surface area contributed by atoms with Crippen LogP contribution in [0.15, 0.2) is 42.5 Å². The minimum atomic E-state index is -1.53. The summed E-state index contributed by atoms with van der Waals surface area (Å²) < 4.78 is 31.9. The first-order chi connectivity index (χ1) is 8.59. The molecule has 0 unspecified atom stereocenters. The summed E-state index contributed by atoms with van der Waals surface area (Å²) in [5.41, 5.74) is -0.923. The second-order valence-corrected chi connectivity index (χ2v) is 3.38. The normalized spacial score (nSPS) is 10.1. The number of para-hydroxylation sites is 1. The Morgan fingerprint density at radius 1 is 1.00 bits per heavy atom. The summed E-state index contributed by atoms with van der Waals surface area (Å²) >= 11 is 0. The van der Waals surface area contributed by atoms with Gasteiger partial charge in [0.05, 0.1) is 4.92 Å². The van der Waals surface area contributed by atoms with E-state index in [1.165, 1.54) is 0 Å². The van der Waals surface area contributed by atoms with E-state index < -0.39 is 28.0 Å². The van der Waals surface area contributed by atoms with Gasteiger partial charge in [0.2, 0.25) is 11.6 Å². The Morgan fingerprint density at radius 2 is 1.67 bits per heavy atom. The molecular weight excluding hydrogens is 244 g/mol. The Labute approximate surface area is 101 Å². The van der Waals surface area contributed by atoms with Crippen LogP contribution >= 0.6 is 0 Å². The largest absolute Gasteiger partial charge is 0.454 e. The van der Waals surface area contributed by atoms with Gasteiger partial charge in [0.15, 0.2) is 5.75 Å². The molecule has 2 rings (SSSR count). The third-order valence-electron chi connectivity index (χ3n) is 2.19. The molecule has 0 atom stereocenters. The van der Waals surface area contributed by atoms with Gasteiger partial charge in [-0.2, -0.15) is 8.78 Å². The second kappa shape index (κ2) is 4.79. The molecule has 92 valence electrons. The first kappa shape index (κ1) is 12.0. The van der Waals surface area contributed by atoms with E-state index in [0.717, 1.165) is 12.1 Å². The lowest BCUT2D eigenvalue weighted by Gasteiger charge is -2.06. The minimum absolute atomic E-state index is 0.310. The first-order valence-corrected chi connectivity index (χ1v) is 4.95. The molecule has 0 saturated heterocycles. The molecule has 0 radical (unpaired) electrons. The van der Waals surface area contributed by atoms with E-state index in [9.17, 15) is 18.9 Å². The number of hydrogen-bond donors (Lipinski definition) is 0. The van der Waals surface area contributed by atoms with Crippen LogP contribution in [0.25, 0.3) is 0 Å². The van der Waals surface area contributed by atoms with E-state index in [1.54, 1.807) is 30.3 Å². The van der Waals surface area contributed by atoms with Gasteiger partial charge in [-0.3, -0.25) is 10.1 Å². The molecular formula is C12H7F2NO3. The molecule has 0 aromatic heterocycles. The average molecular weight is 251 g/mol. The number of ether oxygens (including phenoxy) is 1. The maximum atomic E-state index is 13.5. The number of hydrogen-bond acceptors (Lipinski definition) is 3. The fraction of sp³-hybridized carbons (Fsp3) is 0. The van der Waals surface area contributed by atoms with Gasteiger partial charge in [0.1, 0.15) is 5.75 Å². The number of benzene rings is 2. The van der Waals surface area contributed by atoms with Gasteiger partial charge < -0.3 is 4.74 Å². The summed E-state index contributed by atoms with van der Waals surface area (Å²) in [5.74, 6) is -3.00. The Bertz CT molecular complexity index is 587. The SMILES string of the molecule is O=[N+]([O-])c1ccc(Oc2ccccc2)c(F)c1F. The lowest BCUT2D eigenvalue weighted by Crippen LogP contribution is -1.98. The second-order valence-electron chi connectivity index (χ2n) is 3.38. The quantitative estimate of drug-likeness (QED) is 0.617. The van der Waals surface area contributed by atoms with Crippen LogP contribution in [0.1, 0.15) is 0 Å². The van der Waals surface area contributed by atoms with Crippen LogP contribution in [-0.4, -0.2) is 4.92 Å². The van der Waals surface area contributed by atoms with Crippen molar-refractivity contribution in [2.75, 3.05) is 0 Å². The van der Waals surface area contributed by atoms with E-state index in [4.69, 9.17) is 4.74 Å². The highest BCUT2D eigenvalue weighted by Gasteiger charge is 2.22. The van der Waals surface area contributed by atoms with Gasteiger partial charge in [-0.15, -0.1) is 0 Å². The molecule has 0 spiro atoms. The lowest BCUT2D eigenvalue weighted by molar-refractivity contribution is -0.387. The van der Waals surface area contributed by atoms with Crippen LogP contribution < -0.4 is 4.74 Å². The zero-order valence-electron chi connectivity index (χ0n) is 8.97. The van der Waals surface area contributed by atoms with Gasteiger partial charge in [-0.05, 0) is 18.2 Å². The van der Waals surface area contributed by atoms with Crippen molar-refractivity contribution in [3.8, 4) is 11.5 Å². The number of nitrogens with zero attached hydrogens (tertiary/aromatic N) is 1. The highest BCUT2D eigenvalue weighted by Crippen LogP contribution is 2.30. The predicted molar refractivity (Wildman–Crippen MR) is 59.5 cm³/mol. The van der Waals surface area contributed by atoms with E-state index in [1.807, 2.05) is 0 Å². The third-order valence-corrected chi connectivity index (χ3v) is 2.19. The predicted octanol–water partition coefficient (Wildman–Crippen LogP) is 3.67. The summed E-state index contributed by atoms with van der Waals surface area (Å²) in [7, 11) is 0. The van der Waals surface area contributed by atoms with Crippen LogP contribution in [0.4, 0.5) is 14.5 Å². The molecule has 0 bridgehead atoms. The summed E-state index contributed by atoms with van der Waals surface area (Å²) in [6.07, 6.45) is 0. The summed E-state index contributed by atoms with van der Waals surface area (Å²) in [6, 6.07) is 10.0. The molecule has 0 aliphatic carbocycles. The molecule has 0 aliphatic rings. The van der Waals surface area contributed by atoms with E-state index in [2.05, 4.69) is 0 Å². The zero-order chi connectivity index (χ0) is 13.1. The Hall–Kier alpha value is -2.50. The van der Waals surface area contributed by atoms with Crippen molar-refractivity contribution in [3.63, 3.8) is 0 Å². The van der Waals surface area contributed by atoms with E-state index in [-0.39, 0.29) is 0 Å².